The van der Waals surface area contributed by atoms with E-state index in [4.69, 9.17) is 9.47 Å². The van der Waals surface area contributed by atoms with Crippen LogP contribution in [0.1, 0.15) is 28.9 Å². The van der Waals surface area contributed by atoms with E-state index < -0.39 is 0 Å². The fourth-order valence-electron chi connectivity index (χ4n) is 3.52. The predicted molar refractivity (Wildman–Crippen MR) is 107 cm³/mol. The highest BCUT2D eigenvalue weighted by molar-refractivity contribution is 5.93. The summed E-state index contributed by atoms with van der Waals surface area (Å²) in [5.74, 6) is 0.714. The number of fused-ring (bicyclic) bond motifs is 1. The topological polar surface area (TPSA) is 56.1 Å². The van der Waals surface area contributed by atoms with Gasteiger partial charge in [0.15, 0.2) is 0 Å². The Morgan fingerprint density at radius 1 is 1.29 bits per heavy atom. The average molecular weight is 379 g/mol. The first kappa shape index (κ1) is 18.5. The summed E-state index contributed by atoms with van der Waals surface area (Å²) < 4.78 is 13.5. The summed E-state index contributed by atoms with van der Waals surface area (Å²) >= 11 is 0. The largest absolute Gasteiger partial charge is 0.492 e. The number of carbonyl (C=O) groups is 1. The van der Waals surface area contributed by atoms with Gasteiger partial charge in [-0.15, -0.1) is 0 Å². The molecule has 4 rings (SSSR count). The van der Waals surface area contributed by atoms with Crippen LogP contribution < -0.4 is 4.74 Å². The molecule has 1 fully saturated rings. The zero-order valence-electron chi connectivity index (χ0n) is 16.1. The van der Waals surface area contributed by atoms with Crippen molar-refractivity contribution in [2.24, 2.45) is 0 Å². The number of aromatic nitrogens is 2. The quantitative estimate of drug-likeness (QED) is 0.632. The van der Waals surface area contributed by atoms with Crippen LogP contribution in [0.15, 0.2) is 54.9 Å². The maximum Gasteiger partial charge on any atom is 0.274 e. The molecule has 6 heteroatoms. The normalized spacial score (nSPS) is 16.4. The number of aryl methyl sites for hydroxylation is 1. The van der Waals surface area contributed by atoms with Crippen molar-refractivity contribution in [3.05, 3.63) is 66.1 Å². The third-order valence-corrected chi connectivity index (χ3v) is 5.01. The first-order valence-corrected chi connectivity index (χ1v) is 9.74. The molecular weight excluding hydrogens is 354 g/mol. The summed E-state index contributed by atoms with van der Waals surface area (Å²) in [6.07, 6.45) is 5.81. The van der Waals surface area contributed by atoms with Crippen LogP contribution in [0, 0.1) is 6.92 Å². The van der Waals surface area contributed by atoms with Crippen LogP contribution in [0.3, 0.4) is 0 Å². The van der Waals surface area contributed by atoms with Gasteiger partial charge in [0.1, 0.15) is 23.7 Å². The molecule has 28 heavy (non-hydrogen) atoms. The van der Waals surface area contributed by atoms with Crippen molar-refractivity contribution in [1.82, 2.24) is 14.3 Å². The van der Waals surface area contributed by atoms with E-state index in [1.807, 2.05) is 60.0 Å². The first-order chi connectivity index (χ1) is 13.7. The molecule has 2 aromatic heterocycles. The van der Waals surface area contributed by atoms with Gasteiger partial charge in [0.25, 0.3) is 5.91 Å². The average Bonchev–Trinajstić information content (AvgIpc) is 3.38. The summed E-state index contributed by atoms with van der Waals surface area (Å²) in [5, 5.41) is 0. The number of para-hydroxylation sites is 1. The molecule has 1 aliphatic rings. The molecule has 0 radical (unpaired) electrons. The molecule has 1 atom stereocenters. The highest BCUT2D eigenvalue weighted by Gasteiger charge is 2.25. The maximum absolute atomic E-state index is 13.2. The molecule has 1 aliphatic heterocycles. The Bertz CT molecular complexity index is 933. The number of hydrogen-bond acceptors (Lipinski definition) is 4. The number of nitrogens with zero attached hydrogens (tertiary/aromatic N) is 3. The zero-order chi connectivity index (χ0) is 19.3. The van der Waals surface area contributed by atoms with Crippen LogP contribution in [-0.4, -0.2) is 52.6 Å². The Kier molecular flexibility index (Phi) is 5.58. The van der Waals surface area contributed by atoms with Crippen LogP contribution in [0.5, 0.6) is 5.75 Å². The van der Waals surface area contributed by atoms with E-state index in [0.29, 0.717) is 25.4 Å². The summed E-state index contributed by atoms with van der Waals surface area (Å²) in [6, 6.07) is 13.6. The number of imidazole rings is 1. The lowest BCUT2D eigenvalue weighted by Gasteiger charge is -2.24. The van der Waals surface area contributed by atoms with Crippen molar-refractivity contribution in [3.8, 4) is 5.75 Å². The van der Waals surface area contributed by atoms with Gasteiger partial charge in [-0.05, 0) is 43.5 Å². The summed E-state index contributed by atoms with van der Waals surface area (Å²) in [5.41, 5.74) is 2.30. The number of amides is 1. The molecule has 0 unspecified atom stereocenters. The standard InChI is InChI=1S/C22H25N3O3/c1-17-7-5-11-24-16-20(23-21(17)24)22(26)25(15-19-10-6-13-27-19)12-14-28-18-8-3-2-4-9-18/h2-5,7-9,11,16,19H,6,10,12-15H2,1H3/t19-/m1/s1. The van der Waals surface area contributed by atoms with E-state index in [1.165, 1.54) is 0 Å². The Morgan fingerprint density at radius 2 is 2.14 bits per heavy atom. The summed E-state index contributed by atoms with van der Waals surface area (Å²) in [6.45, 7) is 4.23. The fraction of sp³-hybridized carbons (Fsp3) is 0.364. The molecule has 3 heterocycles. The maximum atomic E-state index is 13.2. The minimum Gasteiger partial charge on any atom is -0.492 e. The van der Waals surface area contributed by atoms with Crippen molar-refractivity contribution in [3.63, 3.8) is 0 Å². The molecule has 6 nitrogen and oxygen atoms in total. The van der Waals surface area contributed by atoms with E-state index in [1.54, 1.807) is 11.1 Å². The van der Waals surface area contributed by atoms with Crippen LogP contribution in [0.2, 0.25) is 0 Å². The van der Waals surface area contributed by atoms with Crippen molar-refractivity contribution < 1.29 is 14.3 Å². The molecule has 0 bridgehead atoms. The number of hydrogen-bond donors (Lipinski definition) is 0. The predicted octanol–water partition coefficient (Wildman–Crippen LogP) is 3.34. The first-order valence-electron chi connectivity index (χ1n) is 9.74. The minimum absolute atomic E-state index is 0.0828. The Morgan fingerprint density at radius 3 is 2.89 bits per heavy atom. The highest BCUT2D eigenvalue weighted by Crippen LogP contribution is 2.17. The van der Waals surface area contributed by atoms with Gasteiger partial charge in [0, 0.05) is 25.5 Å². The van der Waals surface area contributed by atoms with E-state index in [0.717, 1.165) is 36.4 Å². The molecule has 1 aromatic carbocycles. The van der Waals surface area contributed by atoms with Gasteiger partial charge in [-0.2, -0.15) is 0 Å². The SMILES string of the molecule is Cc1cccn2cc(C(=O)N(CCOc3ccccc3)C[C@H]3CCCO3)nc12. The summed E-state index contributed by atoms with van der Waals surface area (Å²) in [7, 11) is 0. The number of benzene rings is 1. The van der Waals surface area contributed by atoms with Crippen molar-refractivity contribution in [2.75, 3.05) is 26.3 Å². The monoisotopic (exact) mass is 379 g/mol. The Hall–Kier alpha value is -2.86. The number of carbonyl (C=O) groups excluding carboxylic acids is 1. The number of rotatable bonds is 7. The van der Waals surface area contributed by atoms with Gasteiger partial charge >= 0.3 is 0 Å². The summed E-state index contributed by atoms with van der Waals surface area (Å²) in [4.78, 5) is 19.6. The third-order valence-electron chi connectivity index (χ3n) is 5.01. The van der Waals surface area contributed by atoms with Crippen molar-refractivity contribution >= 4 is 11.6 Å². The van der Waals surface area contributed by atoms with E-state index in [2.05, 4.69) is 4.98 Å². The van der Waals surface area contributed by atoms with Gasteiger partial charge < -0.3 is 18.8 Å². The zero-order valence-corrected chi connectivity index (χ0v) is 16.1. The van der Waals surface area contributed by atoms with Gasteiger partial charge in [-0.1, -0.05) is 24.3 Å². The second-order valence-electron chi connectivity index (χ2n) is 7.10. The molecule has 0 aliphatic carbocycles. The smallest absolute Gasteiger partial charge is 0.274 e. The van der Waals surface area contributed by atoms with Crippen LogP contribution in [-0.2, 0) is 4.74 Å². The van der Waals surface area contributed by atoms with Crippen LogP contribution >= 0.6 is 0 Å². The second-order valence-corrected chi connectivity index (χ2v) is 7.10. The van der Waals surface area contributed by atoms with Gasteiger partial charge in [-0.3, -0.25) is 4.79 Å². The minimum atomic E-state index is -0.0877. The van der Waals surface area contributed by atoms with Crippen LogP contribution in [0.25, 0.3) is 5.65 Å². The third kappa shape index (κ3) is 4.17. The molecule has 3 aromatic rings. The Labute approximate surface area is 164 Å². The van der Waals surface area contributed by atoms with Gasteiger partial charge in [0.2, 0.25) is 0 Å². The second kappa shape index (κ2) is 8.44. The molecule has 146 valence electrons. The van der Waals surface area contributed by atoms with Gasteiger partial charge in [0.05, 0.1) is 12.6 Å². The molecule has 0 saturated carbocycles. The van der Waals surface area contributed by atoms with Crippen molar-refractivity contribution in [2.45, 2.75) is 25.9 Å². The van der Waals surface area contributed by atoms with E-state index in [9.17, 15) is 4.79 Å². The Balaban J connectivity index is 1.49. The lowest BCUT2D eigenvalue weighted by atomic mass is 10.2. The van der Waals surface area contributed by atoms with Crippen LogP contribution in [0.4, 0.5) is 0 Å². The highest BCUT2D eigenvalue weighted by atomic mass is 16.5. The molecular formula is C22H25N3O3. The number of ether oxygens (including phenoxy) is 2. The fourth-order valence-corrected chi connectivity index (χ4v) is 3.52. The molecule has 1 amide bonds. The molecule has 1 saturated heterocycles. The number of pyridine rings is 1. The lowest BCUT2D eigenvalue weighted by Crippen LogP contribution is -2.40. The van der Waals surface area contributed by atoms with Gasteiger partial charge in [-0.25, -0.2) is 4.98 Å². The van der Waals surface area contributed by atoms with E-state index >= 15 is 0 Å². The molecule has 0 N–H and O–H groups in total. The van der Waals surface area contributed by atoms with E-state index in [-0.39, 0.29) is 12.0 Å². The lowest BCUT2D eigenvalue weighted by molar-refractivity contribution is 0.0490. The van der Waals surface area contributed by atoms with Crippen molar-refractivity contribution in [1.29, 1.82) is 0 Å². The molecule has 0 spiro atoms.